The smallest absolute Gasteiger partial charge is 0.226 e. The van der Waals surface area contributed by atoms with Gasteiger partial charge in [0.05, 0.1) is 18.3 Å². The number of hydrogen-bond acceptors (Lipinski definition) is 4. The van der Waals surface area contributed by atoms with E-state index in [-0.39, 0.29) is 5.91 Å². The van der Waals surface area contributed by atoms with Crippen LogP contribution in [0.3, 0.4) is 0 Å². The summed E-state index contributed by atoms with van der Waals surface area (Å²) in [4.78, 5) is 18.3. The number of rotatable bonds is 5. The van der Waals surface area contributed by atoms with Crippen LogP contribution in [0, 0.1) is 0 Å². The Morgan fingerprint density at radius 2 is 2.11 bits per heavy atom. The first-order chi connectivity index (χ1) is 9.24. The number of aromatic nitrogens is 1. The first-order valence-corrected chi connectivity index (χ1v) is 6.93. The minimum Gasteiger partial charge on any atom is -0.397 e. The Morgan fingerprint density at radius 1 is 1.32 bits per heavy atom. The first kappa shape index (κ1) is 13.8. The Labute approximate surface area is 114 Å². The van der Waals surface area contributed by atoms with Crippen LogP contribution in [-0.4, -0.2) is 42.0 Å². The summed E-state index contributed by atoms with van der Waals surface area (Å²) in [6.45, 7) is 3.99. The number of nitrogen functional groups attached to an aromatic ring is 1. The molecule has 5 heteroatoms. The molecule has 0 atom stereocenters. The van der Waals surface area contributed by atoms with Crippen LogP contribution in [0.2, 0.25) is 0 Å². The lowest BCUT2D eigenvalue weighted by Gasteiger charge is -2.26. The zero-order valence-corrected chi connectivity index (χ0v) is 11.3. The Hall–Kier alpha value is -1.62. The second kappa shape index (κ2) is 7.09. The van der Waals surface area contributed by atoms with Crippen molar-refractivity contribution in [2.75, 3.05) is 31.9 Å². The number of carbonyl (C=O) groups excluding carboxylic acids is 1. The molecule has 2 heterocycles. The number of amides is 1. The number of anilines is 1. The van der Waals surface area contributed by atoms with Crippen LogP contribution in [0.4, 0.5) is 5.69 Å². The van der Waals surface area contributed by atoms with Gasteiger partial charge in [0.15, 0.2) is 0 Å². The van der Waals surface area contributed by atoms with Crippen molar-refractivity contribution >= 4 is 11.6 Å². The quantitative estimate of drug-likeness (QED) is 0.823. The number of hydrogen-bond donors (Lipinski definition) is 2. The summed E-state index contributed by atoms with van der Waals surface area (Å²) >= 11 is 0. The monoisotopic (exact) mass is 262 g/mol. The van der Waals surface area contributed by atoms with Gasteiger partial charge in [-0.2, -0.15) is 0 Å². The summed E-state index contributed by atoms with van der Waals surface area (Å²) in [6.07, 6.45) is 5.80. The van der Waals surface area contributed by atoms with E-state index in [0.717, 1.165) is 25.3 Å². The molecule has 0 aromatic carbocycles. The lowest BCUT2D eigenvalue weighted by Crippen LogP contribution is -2.38. The molecule has 1 aromatic rings. The average molecular weight is 262 g/mol. The molecule has 1 saturated heterocycles. The van der Waals surface area contributed by atoms with Gasteiger partial charge in [-0.3, -0.25) is 9.78 Å². The fourth-order valence-electron chi connectivity index (χ4n) is 2.30. The highest BCUT2D eigenvalue weighted by Crippen LogP contribution is 2.07. The van der Waals surface area contributed by atoms with E-state index < -0.39 is 0 Å². The van der Waals surface area contributed by atoms with Crippen molar-refractivity contribution < 1.29 is 4.79 Å². The molecule has 0 unspecified atom stereocenters. The third-order valence-electron chi connectivity index (χ3n) is 3.39. The molecular weight excluding hydrogens is 240 g/mol. The summed E-state index contributed by atoms with van der Waals surface area (Å²) in [5, 5.41) is 2.94. The maximum Gasteiger partial charge on any atom is 0.226 e. The molecule has 0 radical (unpaired) electrons. The highest BCUT2D eigenvalue weighted by Gasteiger charge is 2.10. The third-order valence-corrected chi connectivity index (χ3v) is 3.39. The number of nitrogens with one attached hydrogen (secondary N) is 1. The molecule has 0 bridgehead atoms. The van der Waals surface area contributed by atoms with Gasteiger partial charge in [0.25, 0.3) is 0 Å². The van der Waals surface area contributed by atoms with Crippen molar-refractivity contribution in [3.63, 3.8) is 0 Å². The number of nitrogens with two attached hydrogens (primary N) is 1. The first-order valence-electron chi connectivity index (χ1n) is 6.93. The molecule has 0 spiro atoms. The van der Waals surface area contributed by atoms with E-state index in [9.17, 15) is 4.79 Å². The summed E-state index contributed by atoms with van der Waals surface area (Å²) < 4.78 is 0. The third kappa shape index (κ3) is 4.87. The molecule has 19 heavy (non-hydrogen) atoms. The summed E-state index contributed by atoms with van der Waals surface area (Å²) in [6, 6.07) is 3.56. The molecule has 2 rings (SSSR count). The van der Waals surface area contributed by atoms with Crippen LogP contribution >= 0.6 is 0 Å². The fraction of sp³-hybridized carbons (Fsp3) is 0.571. The van der Waals surface area contributed by atoms with Gasteiger partial charge < -0.3 is 16.0 Å². The zero-order valence-electron chi connectivity index (χ0n) is 11.3. The summed E-state index contributed by atoms with van der Waals surface area (Å²) in [5.74, 6) is 0.0225. The van der Waals surface area contributed by atoms with Crippen molar-refractivity contribution in [3.05, 3.63) is 24.0 Å². The van der Waals surface area contributed by atoms with Gasteiger partial charge in [0.1, 0.15) is 0 Å². The molecule has 0 aliphatic carbocycles. The van der Waals surface area contributed by atoms with Crippen molar-refractivity contribution in [1.29, 1.82) is 0 Å². The van der Waals surface area contributed by atoms with Crippen LogP contribution in [0.5, 0.6) is 0 Å². The molecule has 1 aromatic heterocycles. The van der Waals surface area contributed by atoms with Crippen molar-refractivity contribution in [1.82, 2.24) is 15.2 Å². The zero-order chi connectivity index (χ0) is 13.5. The molecule has 0 saturated carbocycles. The molecule has 1 amide bonds. The predicted octanol–water partition coefficient (Wildman–Crippen LogP) is 0.808. The Bertz CT molecular complexity index is 398. The summed E-state index contributed by atoms with van der Waals surface area (Å²) in [7, 11) is 0. The van der Waals surface area contributed by atoms with Crippen LogP contribution < -0.4 is 11.1 Å². The van der Waals surface area contributed by atoms with E-state index in [1.165, 1.54) is 19.3 Å². The van der Waals surface area contributed by atoms with Crippen LogP contribution in [0.1, 0.15) is 25.0 Å². The number of pyridine rings is 1. The van der Waals surface area contributed by atoms with Crippen molar-refractivity contribution in [3.8, 4) is 0 Å². The molecule has 104 valence electrons. The number of nitrogens with zero attached hydrogens (tertiary/aromatic N) is 2. The average Bonchev–Trinajstić information content (AvgIpc) is 2.43. The maximum atomic E-state index is 11.7. The Kier molecular flexibility index (Phi) is 5.15. The molecule has 3 N–H and O–H groups in total. The minimum absolute atomic E-state index is 0.0225. The van der Waals surface area contributed by atoms with E-state index in [1.807, 2.05) is 0 Å². The predicted molar refractivity (Wildman–Crippen MR) is 75.7 cm³/mol. The SMILES string of the molecule is Nc1ccc(CC(=O)NCCN2CCCCC2)nc1. The maximum absolute atomic E-state index is 11.7. The minimum atomic E-state index is 0.0225. The fourth-order valence-corrected chi connectivity index (χ4v) is 2.30. The van der Waals surface area contributed by atoms with E-state index in [0.29, 0.717) is 18.7 Å². The second-order valence-electron chi connectivity index (χ2n) is 5.01. The second-order valence-corrected chi connectivity index (χ2v) is 5.01. The Morgan fingerprint density at radius 3 is 2.79 bits per heavy atom. The van der Waals surface area contributed by atoms with Gasteiger partial charge in [-0.1, -0.05) is 6.42 Å². The van der Waals surface area contributed by atoms with Gasteiger partial charge >= 0.3 is 0 Å². The lowest BCUT2D eigenvalue weighted by molar-refractivity contribution is -0.120. The molecule has 5 nitrogen and oxygen atoms in total. The van der Waals surface area contributed by atoms with Crippen molar-refractivity contribution in [2.24, 2.45) is 0 Å². The van der Waals surface area contributed by atoms with E-state index in [4.69, 9.17) is 5.73 Å². The normalized spacial score (nSPS) is 16.2. The van der Waals surface area contributed by atoms with Crippen LogP contribution in [0.25, 0.3) is 0 Å². The van der Waals surface area contributed by atoms with E-state index >= 15 is 0 Å². The summed E-state index contributed by atoms with van der Waals surface area (Å²) in [5.41, 5.74) is 6.93. The number of likely N-dealkylation sites (tertiary alicyclic amines) is 1. The van der Waals surface area contributed by atoms with Gasteiger partial charge in [0.2, 0.25) is 5.91 Å². The molecule has 1 fully saturated rings. The van der Waals surface area contributed by atoms with Gasteiger partial charge in [-0.15, -0.1) is 0 Å². The van der Waals surface area contributed by atoms with Crippen molar-refractivity contribution in [2.45, 2.75) is 25.7 Å². The van der Waals surface area contributed by atoms with Crippen LogP contribution in [0.15, 0.2) is 18.3 Å². The number of carbonyl (C=O) groups is 1. The molecule has 1 aliphatic heterocycles. The number of piperidine rings is 1. The lowest BCUT2D eigenvalue weighted by atomic mass is 10.1. The molecular formula is C14H22N4O. The standard InChI is InChI=1S/C14H22N4O/c15-12-4-5-13(17-11-12)10-14(19)16-6-9-18-7-2-1-3-8-18/h4-5,11H,1-3,6-10,15H2,(H,16,19). The largest absolute Gasteiger partial charge is 0.397 e. The topological polar surface area (TPSA) is 71.2 Å². The Balaban J connectivity index is 1.65. The van der Waals surface area contributed by atoms with Crippen LogP contribution in [-0.2, 0) is 11.2 Å². The van der Waals surface area contributed by atoms with E-state index in [2.05, 4.69) is 15.2 Å². The van der Waals surface area contributed by atoms with Gasteiger partial charge in [-0.25, -0.2) is 0 Å². The van der Waals surface area contributed by atoms with E-state index in [1.54, 1.807) is 18.3 Å². The highest BCUT2D eigenvalue weighted by atomic mass is 16.1. The highest BCUT2D eigenvalue weighted by molar-refractivity contribution is 5.78. The molecule has 1 aliphatic rings. The van der Waals surface area contributed by atoms with Gasteiger partial charge in [-0.05, 0) is 38.1 Å². The van der Waals surface area contributed by atoms with Gasteiger partial charge in [0, 0.05) is 18.8 Å².